The van der Waals surface area contributed by atoms with Gasteiger partial charge in [0.1, 0.15) is 5.75 Å². The van der Waals surface area contributed by atoms with Crippen LogP contribution in [0.1, 0.15) is 36.6 Å². The molecule has 1 fully saturated rings. The van der Waals surface area contributed by atoms with Crippen LogP contribution in [-0.2, 0) is 0 Å². The highest BCUT2D eigenvalue weighted by Crippen LogP contribution is 2.41. The van der Waals surface area contributed by atoms with Gasteiger partial charge >= 0.3 is 0 Å². The number of anilines is 1. The fourth-order valence-electron chi connectivity index (χ4n) is 3.09. The molecule has 1 atom stereocenters. The van der Waals surface area contributed by atoms with E-state index in [0.29, 0.717) is 6.04 Å². The molecule has 1 aromatic carbocycles. The molecule has 0 saturated heterocycles. The molecule has 0 spiro atoms. The van der Waals surface area contributed by atoms with Gasteiger partial charge in [-0.05, 0) is 58.3 Å². The summed E-state index contributed by atoms with van der Waals surface area (Å²) in [6, 6.07) is 10.9. The van der Waals surface area contributed by atoms with Gasteiger partial charge in [0.25, 0.3) is 0 Å². The number of halogens is 1. The third-order valence-corrected chi connectivity index (χ3v) is 5.85. The fourth-order valence-corrected chi connectivity index (χ4v) is 4.32. The Morgan fingerprint density at radius 3 is 2.76 bits per heavy atom. The van der Waals surface area contributed by atoms with Crippen LogP contribution in [-0.4, -0.2) is 7.11 Å². The van der Waals surface area contributed by atoms with Gasteiger partial charge in [-0.2, -0.15) is 0 Å². The number of nitrogens with one attached hydrogen (secondary N) is 1. The van der Waals surface area contributed by atoms with Crippen molar-refractivity contribution in [2.45, 2.75) is 31.7 Å². The Balaban J connectivity index is 1.87. The summed E-state index contributed by atoms with van der Waals surface area (Å²) in [5.41, 5.74) is 1.11. The van der Waals surface area contributed by atoms with Crippen molar-refractivity contribution in [3.63, 3.8) is 0 Å². The van der Waals surface area contributed by atoms with E-state index in [0.717, 1.165) is 21.8 Å². The van der Waals surface area contributed by atoms with Crippen molar-refractivity contribution in [1.29, 1.82) is 0 Å². The predicted octanol–water partition coefficient (Wildman–Crippen LogP) is 5.86. The van der Waals surface area contributed by atoms with Gasteiger partial charge in [-0.1, -0.05) is 18.9 Å². The predicted molar refractivity (Wildman–Crippen MR) is 93.3 cm³/mol. The summed E-state index contributed by atoms with van der Waals surface area (Å²) in [5, 5.41) is 5.92. The number of hydrogen-bond donors (Lipinski definition) is 1. The molecule has 1 saturated carbocycles. The van der Waals surface area contributed by atoms with Crippen LogP contribution in [0.4, 0.5) is 5.69 Å². The average Bonchev–Trinajstić information content (AvgIpc) is 3.20. The lowest BCUT2D eigenvalue weighted by Gasteiger charge is -2.25. The zero-order valence-corrected chi connectivity index (χ0v) is 14.5. The fraction of sp³-hybridized carbons (Fsp3) is 0.412. The molecule has 1 aliphatic rings. The molecule has 4 heteroatoms. The number of hydrogen-bond acceptors (Lipinski definition) is 3. The molecule has 3 rings (SSSR count). The molecule has 0 radical (unpaired) electrons. The summed E-state index contributed by atoms with van der Waals surface area (Å²) < 4.78 is 6.44. The van der Waals surface area contributed by atoms with E-state index in [9.17, 15) is 0 Å². The molecule has 0 amide bonds. The number of ether oxygens (including phenoxy) is 1. The van der Waals surface area contributed by atoms with Crippen LogP contribution in [0, 0.1) is 5.92 Å². The molecule has 0 aliphatic heterocycles. The largest absolute Gasteiger partial charge is 0.497 e. The summed E-state index contributed by atoms with van der Waals surface area (Å²) >= 11 is 5.49. The third kappa shape index (κ3) is 3.43. The molecule has 112 valence electrons. The van der Waals surface area contributed by atoms with Crippen molar-refractivity contribution in [1.82, 2.24) is 0 Å². The van der Waals surface area contributed by atoms with Crippen LogP contribution in [0.5, 0.6) is 5.75 Å². The molecule has 21 heavy (non-hydrogen) atoms. The van der Waals surface area contributed by atoms with E-state index in [1.165, 1.54) is 30.6 Å². The number of methoxy groups -OCH3 is 1. The minimum absolute atomic E-state index is 0.399. The minimum atomic E-state index is 0.399. The van der Waals surface area contributed by atoms with Crippen LogP contribution in [0.25, 0.3) is 0 Å². The van der Waals surface area contributed by atoms with E-state index in [-0.39, 0.29) is 0 Å². The molecule has 1 aromatic heterocycles. The van der Waals surface area contributed by atoms with Crippen molar-refractivity contribution in [2.75, 3.05) is 12.4 Å². The van der Waals surface area contributed by atoms with Gasteiger partial charge in [0.15, 0.2) is 0 Å². The standard InChI is InChI=1S/C17H20BrNOS/c1-20-13-8-9-14(18)15(11-13)19-17(12-5-2-3-6-12)16-7-4-10-21-16/h4,7-12,17,19H,2-3,5-6H2,1H3. The first-order valence-electron chi connectivity index (χ1n) is 7.41. The van der Waals surface area contributed by atoms with Crippen LogP contribution >= 0.6 is 27.3 Å². The number of thiophene rings is 1. The van der Waals surface area contributed by atoms with Gasteiger partial charge < -0.3 is 10.1 Å². The molecule has 2 nitrogen and oxygen atoms in total. The third-order valence-electron chi connectivity index (χ3n) is 4.21. The van der Waals surface area contributed by atoms with E-state index in [1.807, 2.05) is 23.5 Å². The van der Waals surface area contributed by atoms with Gasteiger partial charge in [-0.15, -0.1) is 11.3 Å². The average molecular weight is 366 g/mol. The Hall–Kier alpha value is -1.00. The normalized spacial score (nSPS) is 16.9. The van der Waals surface area contributed by atoms with Gasteiger partial charge in [-0.25, -0.2) is 0 Å². The highest BCUT2D eigenvalue weighted by atomic mass is 79.9. The lowest BCUT2D eigenvalue weighted by molar-refractivity contribution is 0.414. The van der Waals surface area contributed by atoms with Crippen molar-refractivity contribution in [2.24, 2.45) is 5.92 Å². The van der Waals surface area contributed by atoms with Crippen LogP contribution in [0.3, 0.4) is 0 Å². The molecule has 1 heterocycles. The maximum Gasteiger partial charge on any atom is 0.121 e. The molecule has 1 aliphatic carbocycles. The highest BCUT2D eigenvalue weighted by Gasteiger charge is 2.27. The Kier molecular flexibility index (Phi) is 4.86. The second-order valence-electron chi connectivity index (χ2n) is 5.53. The smallest absolute Gasteiger partial charge is 0.121 e. The number of rotatable bonds is 5. The lowest BCUT2D eigenvalue weighted by Crippen LogP contribution is -2.18. The van der Waals surface area contributed by atoms with Gasteiger partial charge in [-0.3, -0.25) is 0 Å². The van der Waals surface area contributed by atoms with Crippen LogP contribution < -0.4 is 10.1 Å². The van der Waals surface area contributed by atoms with E-state index in [1.54, 1.807) is 7.11 Å². The Morgan fingerprint density at radius 1 is 1.29 bits per heavy atom. The lowest BCUT2D eigenvalue weighted by atomic mass is 9.96. The number of benzene rings is 1. The maximum atomic E-state index is 5.35. The zero-order valence-electron chi connectivity index (χ0n) is 12.1. The second-order valence-corrected chi connectivity index (χ2v) is 7.36. The SMILES string of the molecule is COc1ccc(Br)c(NC(c2cccs2)C2CCCC2)c1. The minimum Gasteiger partial charge on any atom is -0.497 e. The molecule has 0 bridgehead atoms. The topological polar surface area (TPSA) is 21.3 Å². The molecule has 1 unspecified atom stereocenters. The molecule has 2 aromatic rings. The zero-order chi connectivity index (χ0) is 14.7. The van der Waals surface area contributed by atoms with Gasteiger partial charge in [0.2, 0.25) is 0 Å². The monoisotopic (exact) mass is 365 g/mol. The molecular weight excluding hydrogens is 346 g/mol. The first-order valence-corrected chi connectivity index (χ1v) is 9.08. The quantitative estimate of drug-likeness (QED) is 0.715. The van der Waals surface area contributed by atoms with Crippen molar-refractivity contribution < 1.29 is 4.74 Å². The van der Waals surface area contributed by atoms with Crippen molar-refractivity contribution in [3.05, 3.63) is 45.1 Å². The van der Waals surface area contributed by atoms with Gasteiger partial charge in [0, 0.05) is 15.4 Å². The molecular formula is C17H20BrNOS. The Morgan fingerprint density at radius 2 is 2.10 bits per heavy atom. The highest BCUT2D eigenvalue weighted by molar-refractivity contribution is 9.10. The summed E-state index contributed by atoms with van der Waals surface area (Å²) in [5.74, 6) is 1.61. The summed E-state index contributed by atoms with van der Waals surface area (Å²) in [7, 11) is 1.71. The van der Waals surface area contributed by atoms with E-state index < -0.39 is 0 Å². The van der Waals surface area contributed by atoms with E-state index in [2.05, 4.69) is 44.8 Å². The molecule has 1 N–H and O–H groups in total. The first kappa shape index (κ1) is 14.9. The van der Waals surface area contributed by atoms with Crippen molar-refractivity contribution >= 4 is 33.0 Å². The summed E-state index contributed by atoms with van der Waals surface area (Å²) in [6.07, 6.45) is 5.34. The van der Waals surface area contributed by atoms with E-state index >= 15 is 0 Å². The Bertz CT molecular complexity index is 578. The van der Waals surface area contributed by atoms with E-state index in [4.69, 9.17) is 4.74 Å². The maximum absolute atomic E-state index is 5.35. The van der Waals surface area contributed by atoms with Crippen molar-refractivity contribution in [3.8, 4) is 5.75 Å². The second kappa shape index (κ2) is 6.84. The summed E-state index contributed by atoms with van der Waals surface area (Å²) in [6.45, 7) is 0. The first-order chi connectivity index (χ1) is 10.3. The summed E-state index contributed by atoms with van der Waals surface area (Å²) in [4.78, 5) is 1.43. The Labute approximate surface area is 138 Å². The van der Waals surface area contributed by atoms with Crippen LogP contribution in [0.2, 0.25) is 0 Å². The van der Waals surface area contributed by atoms with Crippen LogP contribution in [0.15, 0.2) is 40.2 Å². The van der Waals surface area contributed by atoms with Gasteiger partial charge in [0.05, 0.1) is 18.8 Å².